The summed E-state index contributed by atoms with van der Waals surface area (Å²) in [4.78, 5) is 17.0. The number of para-hydroxylation sites is 1. The van der Waals surface area contributed by atoms with Crippen LogP contribution in [0.4, 0.5) is 0 Å². The number of nitrogens with zero attached hydrogens (tertiary/aromatic N) is 1. The third kappa shape index (κ3) is 3.40. The predicted molar refractivity (Wildman–Crippen MR) is 109 cm³/mol. The van der Waals surface area contributed by atoms with E-state index in [0.717, 1.165) is 40.6 Å². The fourth-order valence-corrected chi connectivity index (χ4v) is 7.93. The van der Waals surface area contributed by atoms with Crippen molar-refractivity contribution in [3.05, 3.63) is 29.3 Å². The van der Waals surface area contributed by atoms with Gasteiger partial charge in [-0.3, -0.25) is 4.79 Å². The third-order valence-corrected chi connectivity index (χ3v) is 8.79. The summed E-state index contributed by atoms with van der Waals surface area (Å²) < 4.78 is 1.23. The molecule has 0 aliphatic heterocycles. The fraction of sp³-hybridized carbons (Fsp3) is 0.619. The fourth-order valence-electron chi connectivity index (χ4n) is 6.06. The van der Waals surface area contributed by atoms with Crippen molar-refractivity contribution < 1.29 is 4.79 Å². The van der Waals surface area contributed by atoms with Crippen molar-refractivity contribution in [2.75, 3.05) is 12.3 Å². The molecular weight excluding hydrogens is 360 g/mol. The molecule has 4 saturated carbocycles. The summed E-state index contributed by atoms with van der Waals surface area (Å²) in [5, 5.41) is 4.39. The second kappa shape index (κ2) is 6.83. The molecule has 1 amide bonds. The number of aromatic nitrogens is 1. The molecule has 0 radical (unpaired) electrons. The summed E-state index contributed by atoms with van der Waals surface area (Å²) in [5.74, 6) is 4.42. The Balaban J connectivity index is 1.10. The topological polar surface area (TPSA) is 42.0 Å². The number of hydrogen-bond donors (Lipinski definition) is 1. The molecule has 0 spiro atoms. The number of rotatable bonds is 6. The van der Waals surface area contributed by atoms with Gasteiger partial charge in [0.25, 0.3) is 0 Å². The van der Waals surface area contributed by atoms with Crippen LogP contribution in [0.15, 0.2) is 24.3 Å². The van der Waals surface area contributed by atoms with Gasteiger partial charge in [-0.25, -0.2) is 4.98 Å². The van der Waals surface area contributed by atoms with Gasteiger partial charge >= 0.3 is 0 Å². The molecule has 2 aromatic rings. The summed E-state index contributed by atoms with van der Waals surface area (Å²) in [5.41, 5.74) is 1.50. The minimum Gasteiger partial charge on any atom is -0.355 e. The van der Waals surface area contributed by atoms with Crippen molar-refractivity contribution in [2.45, 2.75) is 44.3 Å². The molecule has 26 heavy (non-hydrogen) atoms. The standard InChI is InChI=1S/C21H26N2OS2/c24-19(11-25-12-20-23-17-3-1-2-4-18(17)26-20)22-13-21-8-14-5-15(9-21)7-16(6-14)10-21/h1-4,14-16H,5-13H2,(H,22,24). The summed E-state index contributed by atoms with van der Waals surface area (Å²) in [6, 6.07) is 8.24. The van der Waals surface area contributed by atoms with Crippen LogP contribution in [0.25, 0.3) is 10.2 Å². The second-order valence-electron chi connectivity index (χ2n) is 8.76. The van der Waals surface area contributed by atoms with Gasteiger partial charge in [-0.15, -0.1) is 23.1 Å². The van der Waals surface area contributed by atoms with Gasteiger partial charge in [-0.1, -0.05) is 12.1 Å². The number of nitrogens with one attached hydrogen (secondary N) is 1. The number of carbonyl (C=O) groups excluding carboxylic acids is 1. The zero-order valence-electron chi connectivity index (χ0n) is 15.1. The van der Waals surface area contributed by atoms with Crippen molar-refractivity contribution in [3.8, 4) is 0 Å². The maximum absolute atomic E-state index is 12.3. The Morgan fingerprint density at radius 2 is 1.85 bits per heavy atom. The lowest BCUT2D eigenvalue weighted by Gasteiger charge is -2.56. The Morgan fingerprint density at radius 3 is 2.54 bits per heavy atom. The van der Waals surface area contributed by atoms with Crippen LogP contribution in [-0.4, -0.2) is 23.2 Å². The van der Waals surface area contributed by atoms with Gasteiger partial charge in [0.1, 0.15) is 5.01 Å². The number of fused-ring (bicyclic) bond motifs is 1. The minimum atomic E-state index is 0.201. The van der Waals surface area contributed by atoms with Crippen LogP contribution in [0.3, 0.4) is 0 Å². The molecule has 5 heteroatoms. The summed E-state index contributed by atoms with van der Waals surface area (Å²) in [7, 11) is 0. The number of amides is 1. The zero-order valence-corrected chi connectivity index (χ0v) is 16.7. The molecule has 1 aromatic carbocycles. The highest BCUT2D eigenvalue weighted by molar-refractivity contribution is 7.99. The Morgan fingerprint density at radius 1 is 1.15 bits per heavy atom. The van der Waals surface area contributed by atoms with Crippen LogP contribution in [0.1, 0.15) is 43.5 Å². The molecule has 0 saturated heterocycles. The molecule has 0 atom stereocenters. The van der Waals surface area contributed by atoms with Crippen molar-refractivity contribution in [2.24, 2.45) is 23.2 Å². The van der Waals surface area contributed by atoms with Crippen LogP contribution in [0.5, 0.6) is 0 Å². The van der Waals surface area contributed by atoms with E-state index in [1.165, 1.54) is 43.2 Å². The minimum absolute atomic E-state index is 0.201. The largest absolute Gasteiger partial charge is 0.355 e. The number of thiazole rings is 1. The molecule has 4 aliphatic carbocycles. The van der Waals surface area contributed by atoms with E-state index in [1.54, 1.807) is 23.1 Å². The number of thioether (sulfide) groups is 1. The monoisotopic (exact) mass is 386 g/mol. The van der Waals surface area contributed by atoms with E-state index in [1.807, 2.05) is 6.07 Å². The average molecular weight is 387 g/mol. The van der Waals surface area contributed by atoms with E-state index in [0.29, 0.717) is 11.2 Å². The Labute approximate surface area is 163 Å². The first kappa shape index (κ1) is 17.1. The zero-order chi connectivity index (χ0) is 17.6. The lowest BCUT2D eigenvalue weighted by atomic mass is 9.49. The van der Waals surface area contributed by atoms with Gasteiger partial charge in [0.15, 0.2) is 0 Å². The van der Waals surface area contributed by atoms with Crippen LogP contribution >= 0.6 is 23.1 Å². The maximum atomic E-state index is 12.3. The molecule has 1 heterocycles. The number of hydrogen-bond acceptors (Lipinski definition) is 4. The van der Waals surface area contributed by atoms with Crippen molar-refractivity contribution in [1.29, 1.82) is 0 Å². The normalized spacial score (nSPS) is 32.2. The van der Waals surface area contributed by atoms with Crippen LogP contribution in [0.2, 0.25) is 0 Å². The highest BCUT2D eigenvalue weighted by Gasteiger charge is 2.50. The van der Waals surface area contributed by atoms with Crippen molar-refractivity contribution >= 4 is 39.2 Å². The molecule has 4 aliphatic rings. The van der Waals surface area contributed by atoms with E-state index in [2.05, 4.69) is 28.5 Å². The third-order valence-electron chi connectivity index (χ3n) is 6.62. The van der Waals surface area contributed by atoms with E-state index in [9.17, 15) is 4.79 Å². The first-order valence-electron chi connectivity index (χ1n) is 9.86. The van der Waals surface area contributed by atoms with Crippen LogP contribution in [-0.2, 0) is 10.5 Å². The Bertz CT molecular complexity index is 747. The average Bonchev–Trinajstić information content (AvgIpc) is 3.02. The van der Waals surface area contributed by atoms with Crippen LogP contribution < -0.4 is 5.32 Å². The van der Waals surface area contributed by atoms with E-state index >= 15 is 0 Å². The number of carbonyl (C=O) groups is 1. The second-order valence-corrected chi connectivity index (χ2v) is 10.9. The van der Waals surface area contributed by atoms with Gasteiger partial charge in [-0.2, -0.15) is 0 Å². The van der Waals surface area contributed by atoms with Gasteiger partial charge in [0, 0.05) is 12.3 Å². The van der Waals surface area contributed by atoms with Gasteiger partial charge < -0.3 is 5.32 Å². The van der Waals surface area contributed by atoms with Gasteiger partial charge in [0.05, 0.1) is 16.0 Å². The lowest BCUT2D eigenvalue weighted by molar-refractivity contribution is -0.120. The first-order chi connectivity index (χ1) is 12.7. The quantitative estimate of drug-likeness (QED) is 0.771. The molecule has 6 rings (SSSR count). The molecule has 4 bridgehead atoms. The molecule has 4 fully saturated rings. The van der Waals surface area contributed by atoms with Crippen molar-refractivity contribution in [3.63, 3.8) is 0 Å². The Hall–Kier alpha value is -1.07. The molecule has 3 nitrogen and oxygen atoms in total. The van der Waals surface area contributed by atoms with Crippen molar-refractivity contribution in [1.82, 2.24) is 10.3 Å². The summed E-state index contributed by atoms with van der Waals surface area (Å²) in [6.07, 6.45) is 8.47. The first-order valence-corrected chi connectivity index (χ1v) is 11.8. The molecule has 138 valence electrons. The van der Waals surface area contributed by atoms with Gasteiger partial charge in [-0.05, 0) is 73.8 Å². The smallest absolute Gasteiger partial charge is 0.230 e. The maximum Gasteiger partial charge on any atom is 0.230 e. The molecule has 1 N–H and O–H groups in total. The highest BCUT2D eigenvalue weighted by atomic mass is 32.2. The summed E-state index contributed by atoms with van der Waals surface area (Å²) >= 11 is 3.42. The molecule has 1 aromatic heterocycles. The SMILES string of the molecule is O=C(CSCc1nc2ccccc2s1)NCC12CC3CC(CC(C3)C1)C2. The molecule has 0 unspecified atom stereocenters. The summed E-state index contributed by atoms with van der Waals surface area (Å²) in [6.45, 7) is 0.914. The lowest BCUT2D eigenvalue weighted by Crippen LogP contribution is -2.51. The molecular formula is C21H26N2OS2. The van der Waals surface area contributed by atoms with E-state index in [4.69, 9.17) is 0 Å². The predicted octanol–water partition coefficient (Wildman–Crippen LogP) is 4.86. The van der Waals surface area contributed by atoms with Crippen LogP contribution in [0, 0.1) is 23.2 Å². The Kier molecular flexibility index (Phi) is 4.48. The number of benzene rings is 1. The van der Waals surface area contributed by atoms with Gasteiger partial charge in [0.2, 0.25) is 5.91 Å². The van der Waals surface area contributed by atoms with E-state index < -0.39 is 0 Å². The van der Waals surface area contributed by atoms with E-state index in [-0.39, 0.29) is 5.91 Å². The highest BCUT2D eigenvalue weighted by Crippen LogP contribution is 2.59.